The van der Waals surface area contributed by atoms with E-state index in [9.17, 15) is 8.42 Å². The minimum Gasteiger partial charge on any atom is -0.383 e. The molecule has 0 spiro atoms. The molecule has 1 rings (SSSR count). The monoisotopic (exact) mass is 241 g/mol. The number of ether oxygens (including phenoxy) is 1. The number of hydrogen-bond donors (Lipinski definition) is 1. The SMILES string of the molecule is COCC(Cl)CCNS(=O)(=O)C1CC1. The Morgan fingerprint density at radius 1 is 1.57 bits per heavy atom. The lowest BCUT2D eigenvalue weighted by Crippen LogP contribution is -2.29. The lowest BCUT2D eigenvalue weighted by molar-refractivity contribution is 0.196. The highest BCUT2D eigenvalue weighted by atomic mass is 35.5. The highest BCUT2D eigenvalue weighted by Crippen LogP contribution is 2.27. The first kappa shape index (κ1) is 12.2. The van der Waals surface area contributed by atoms with Crippen LogP contribution in [0.2, 0.25) is 0 Å². The van der Waals surface area contributed by atoms with Crippen LogP contribution in [0, 0.1) is 0 Å². The molecule has 0 heterocycles. The molecule has 0 amide bonds. The summed E-state index contributed by atoms with van der Waals surface area (Å²) in [5, 5.41) is -0.277. The molecule has 1 N–H and O–H groups in total. The van der Waals surface area contributed by atoms with Gasteiger partial charge in [0.1, 0.15) is 0 Å². The van der Waals surface area contributed by atoms with Gasteiger partial charge in [0, 0.05) is 13.7 Å². The first-order chi connectivity index (χ1) is 6.56. The van der Waals surface area contributed by atoms with E-state index in [1.54, 1.807) is 7.11 Å². The predicted molar refractivity (Wildman–Crippen MR) is 56.1 cm³/mol. The molecular weight excluding hydrogens is 226 g/mol. The molecule has 1 unspecified atom stereocenters. The van der Waals surface area contributed by atoms with E-state index in [4.69, 9.17) is 16.3 Å². The van der Waals surface area contributed by atoms with Crippen molar-refractivity contribution in [3.8, 4) is 0 Å². The fourth-order valence-corrected chi connectivity index (χ4v) is 2.75. The Balaban J connectivity index is 2.14. The molecule has 6 heteroatoms. The van der Waals surface area contributed by atoms with Crippen LogP contribution in [0.3, 0.4) is 0 Å². The summed E-state index contributed by atoms with van der Waals surface area (Å²) in [7, 11) is -1.47. The van der Waals surface area contributed by atoms with E-state index < -0.39 is 10.0 Å². The van der Waals surface area contributed by atoms with Crippen molar-refractivity contribution >= 4 is 21.6 Å². The van der Waals surface area contributed by atoms with Crippen molar-refractivity contribution in [2.45, 2.75) is 29.9 Å². The Morgan fingerprint density at radius 2 is 2.21 bits per heavy atom. The fraction of sp³-hybridized carbons (Fsp3) is 1.00. The van der Waals surface area contributed by atoms with Crippen molar-refractivity contribution in [3.63, 3.8) is 0 Å². The topological polar surface area (TPSA) is 55.4 Å². The average Bonchev–Trinajstić information content (AvgIpc) is 2.86. The van der Waals surface area contributed by atoms with E-state index in [1.807, 2.05) is 0 Å². The average molecular weight is 242 g/mol. The number of rotatable bonds is 7. The predicted octanol–water partition coefficient (Wildman–Crippen LogP) is 0.712. The Kier molecular flexibility index (Phi) is 4.63. The summed E-state index contributed by atoms with van der Waals surface area (Å²) >= 11 is 5.85. The zero-order valence-corrected chi connectivity index (χ0v) is 9.77. The van der Waals surface area contributed by atoms with E-state index >= 15 is 0 Å². The Hall–Kier alpha value is 0.160. The van der Waals surface area contributed by atoms with Gasteiger partial charge in [-0.1, -0.05) is 0 Å². The number of methoxy groups -OCH3 is 1. The van der Waals surface area contributed by atoms with Crippen molar-refractivity contribution < 1.29 is 13.2 Å². The largest absolute Gasteiger partial charge is 0.383 e. The van der Waals surface area contributed by atoms with Crippen LogP contribution in [-0.4, -0.2) is 39.3 Å². The van der Waals surface area contributed by atoms with E-state index in [0.717, 1.165) is 12.8 Å². The van der Waals surface area contributed by atoms with Crippen LogP contribution in [0.4, 0.5) is 0 Å². The normalized spacial score (nSPS) is 19.6. The second-order valence-electron chi connectivity index (χ2n) is 3.48. The molecule has 1 fully saturated rings. The summed E-state index contributed by atoms with van der Waals surface area (Å²) in [6.07, 6.45) is 2.18. The van der Waals surface area contributed by atoms with E-state index in [0.29, 0.717) is 19.6 Å². The number of sulfonamides is 1. The summed E-state index contributed by atoms with van der Waals surface area (Å²) in [5.74, 6) is 0. The molecule has 4 nitrogen and oxygen atoms in total. The standard InChI is InChI=1S/C8H16ClNO3S/c1-13-6-7(9)4-5-10-14(11,12)8-2-3-8/h7-8,10H,2-6H2,1H3. The molecule has 0 bridgehead atoms. The molecule has 84 valence electrons. The Labute approximate surface area is 90.0 Å². The lowest BCUT2D eigenvalue weighted by atomic mass is 10.3. The molecule has 1 aliphatic rings. The number of hydrogen-bond acceptors (Lipinski definition) is 3. The summed E-state index contributed by atoms with van der Waals surface area (Å²) in [4.78, 5) is 0. The highest BCUT2D eigenvalue weighted by Gasteiger charge is 2.35. The molecule has 1 atom stereocenters. The van der Waals surface area contributed by atoms with Crippen molar-refractivity contribution in [1.29, 1.82) is 0 Å². The fourth-order valence-electron chi connectivity index (χ4n) is 1.12. The molecule has 1 aliphatic carbocycles. The lowest BCUT2D eigenvalue weighted by Gasteiger charge is -2.09. The van der Waals surface area contributed by atoms with Crippen molar-refractivity contribution in [2.75, 3.05) is 20.3 Å². The summed E-state index contributed by atoms with van der Waals surface area (Å²) < 4.78 is 30.1. The second kappa shape index (κ2) is 5.30. The molecule has 0 aromatic carbocycles. The van der Waals surface area contributed by atoms with Crippen LogP contribution in [0.15, 0.2) is 0 Å². The molecular formula is C8H16ClNO3S. The third kappa shape index (κ3) is 4.13. The van der Waals surface area contributed by atoms with Gasteiger partial charge in [-0.05, 0) is 19.3 Å². The second-order valence-corrected chi connectivity index (χ2v) is 6.14. The van der Waals surface area contributed by atoms with Crippen LogP contribution in [0.25, 0.3) is 0 Å². The van der Waals surface area contributed by atoms with Gasteiger partial charge in [-0.15, -0.1) is 11.6 Å². The minimum absolute atomic E-state index is 0.123. The third-order valence-corrected chi connectivity index (χ3v) is 4.37. The maximum Gasteiger partial charge on any atom is 0.214 e. The third-order valence-electron chi connectivity index (χ3n) is 2.07. The van der Waals surface area contributed by atoms with Crippen molar-refractivity contribution in [1.82, 2.24) is 4.72 Å². The number of nitrogens with one attached hydrogen (secondary N) is 1. The van der Waals surface area contributed by atoms with Gasteiger partial charge < -0.3 is 4.74 Å². The van der Waals surface area contributed by atoms with Gasteiger partial charge in [0.2, 0.25) is 10.0 Å². The zero-order valence-electron chi connectivity index (χ0n) is 8.20. The first-order valence-electron chi connectivity index (χ1n) is 4.67. The van der Waals surface area contributed by atoms with Gasteiger partial charge in [-0.2, -0.15) is 0 Å². The van der Waals surface area contributed by atoms with Gasteiger partial charge in [-0.25, -0.2) is 13.1 Å². The van der Waals surface area contributed by atoms with E-state index in [-0.39, 0.29) is 10.6 Å². The zero-order chi connectivity index (χ0) is 10.6. The van der Waals surface area contributed by atoms with Crippen LogP contribution in [-0.2, 0) is 14.8 Å². The summed E-state index contributed by atoms with van der Waals surface area (Å²) in [6.45, 7) is 0.850. The van der Waals surface area contributed by atoms with Gasteiger partial charge in [0.15, 0.2) is 0 Å². The van der Waals surface area contributed by atoms with Crippen LogP contribution < -0.4 is 4.72 Å². The molecule has 0 aromatic rings. The molecule has 0 aromatic heterocycles. The smallest absolute Gasteiger partial charge is 0.214 e. The molecule has 0 aliphatic heterocycles. The Bertz CT molecular complexity index is 264. The summed E-state index contributed by atoms with van der Waals surface area (Å²) in [5.41, 5.74) is 0. The highest BCUT2D eigenvalue weighted by molar-refractivity contribution is 7.90. The van der Waals surface area contributed by atoms with E-state index in [1.165, 1.54) is 0 Å². The van der Waals surface area contributed by atoms with Gasteiger partial charge in [-0.3, -0.25) is 0 Å². The number of halogens is 1. The van der Waals surface area contributed by atoms with E-state index in [2.05, 4.69) is 4.72 Å². The van der Waals surface area contributed by atoms with Crippen LogP contribution in [0.5, 0.6) is 0 Å². The molecule has 0 saturated heterocycles. The van der Waals surface area contributed by atoms with Gasteiger partial charge in [0.05, 0.1) is 17.2 Å². The number of alkyl halides is 1. The van der Waals surface area contributed by atoms with Crippen molar-refractivity contribution in [3.05, 3.63) is 0 Å². The van der Waals surface area contributed by atoms with Crippen molar-refractivity contribution in [2.24, 2.45) is 0 Å². The van der Waals surface area contributed by atoms with Gasteiger partial charge >= 0.3 is 0 Å². The quantitative estimate of drug-likeness (QED) is 0.668. The van der Waals surface area contributed by atoms with Gasteiger partial charge in [0.25, 0.3) is 0 Å². The minimum atomic E-state index is -3.05. The molecule has 0 radical (unpaired) electrons. The Morgan fingerprint density at radius 3 is 2.71 bits per heavy atom. The maximum absolute atomic E-state index is 11.3. The first-order valence-corrected chi connectivity index (χ1v) is 6.66. The molecule has 1 saturated carbocycles. The summed E-state index contributed by atoms with van der Waals surface area (Å²) in [6, 6.07) is 0. The molecule has 14 heavy (non-hydrogen) atoms. The maximum atomic E-state index is 11.3. The van der Waals surface area contributed by atoms with Crippen LogP contribution in [0.1, 0.15) is 19.3 Å². The van der Waals surface area contributed by atoms with Crippen LogP contribution >= 0.6 is 11.6 Å².